The largest absolute Gasteiger partial charge is 0.381 e. The average molecular weight is 256 g/mol. The maximum Gasteiger partial charge on any atom is 0.237 e. The van der Waals surface area contributed by atoms with Gasteiger partial charge < -0.3 is 15.8 Å². The van der Waals surface area contributed by atoms with E-state index in [1.807, 2.05) is 13.8 Å². The lowest BCUT2D eigenvalue weighted by molar-refractivity contribution is -0.124. The number of carbonyl (C=O) groups is 1. The van der Waals surface area contributed by atoms with Crippen LogP contribution in [0.1, 0.15) is 52.4 Å². The first-order valence-electron chi connectivity index (χ1n) is 7.21. The van der Waals surface area contributed by atoms with E-state index < -0.39 is 5.54 Å². The summed E-state index contributed by atoms with van der Waals surface area (Å²) in [5.74, 6) is 0.677. The van der Waals surface area contributed by atoms with Crippen LogP contribution in [0.4, 0.5) is 0 Å². The Kier molecular flexibility index (Phi) is 6.65. The zero-order valence-electron chi connectivity index (χ0n) is 11.8. The molecule has 0 aromatic carbocycles. The van der Waals surface area contributed by atoms with Crippen LogP contribution in [0.25, 0.3) is 0 Å². The Morgan fingerprint density at radius 1 is 1.39 bits per heavy atom. The van der Waals surface area contributed by atoms with Crippen LogP contribution in [-0.4, -0.2) is 31.2 Å². The molecule has 4 nitrogen and oxygen atoms in total. The molecule has 0 aromatic heterocycles. The van der Waals surface area contributed by atoms with Gasteiger partial charge in [0.2, 0.25) is 5.91 Å². The zero-order valence-corrected chi connectivity index (χ0v) is 11.8. The van der Waals surface area contributed by atoms with Crippen LogP contribution in [-0.2, 0) is 9.53 Å². The molecule has 0 saturated heterocycles. The van der Waals surface area contributed by atoms with Gasteiger partial charge in [-0.15, -0.1) is 0 Å². The highest BCUT2D eigenvalue weighted by atomic mass is 16.5. The maximum atomic E-state index is 11.4. The lowest BCUT2D eigenvalue weighted by Crippen LogP contribution is -2.52. The number of nitrogens with two attached hydrogens (primary N) is 1. The van der Waals surface area contributed by atoms with Crippen LogP contribution in [0, 0.1) is 5.92 Å². The van der Waals surface area contributed by atoms with Crippen molar-refractivity contribution in [3.8, 4) is 0 Å². The molecule has 1 unspecified atom stereocenters. The fourth-order valence-corrected chi connectivity index (χ4v) is 2.13. The topological polar surface area (TPSA) is 64.3 Å². The minimum atomic E-state index is -0.567. The summed E-state index contributed by atoms with van der Waals surface area (Å²) in [4.78, 5) is 11.4. The van der Waals surface area contributed by atoms with E-state index in [0.29, 0.717) is 0 Å². The number of rotatable bonds is 11. The van der Waals surface area contributed by atoms with Gasteiger partial charge in [-0.2, -0.15) is 0 Å². The summed E-state index contributed by atoms with van der Waals surface area (Å²) in [5, 5.41) is 3.17. The average Bonchev–Trinajstić information content (AvgIpc) is 3.12. The van der Waals surface area contributed by atoms with Gasteiger partial charge in [-0.3, -0.25) is 4.79 Å². The highest BCUT2D eigenvalue weighted by Gasteiger charge is 2.28. The van der Waals surface area contributed by atoms with Crippen LogP contribution >= 0.6 is 0 Å². The number of hydrogen-bond donors (Lipinski definition) is 2. The summed E-state index contributed by atoms with van der Waals surface area (Å²) < 4.78 is 5.58. The number of primary amides is 1. The molecule has 1 fully saturated rings. The van der Waals surface area contributed by atoms with Gasteiger partial charge in [-0.25, -0.2) is 0 Å². The molecular weight excluding hydrogens is 228 g/mol. The van der Waals surface area contributed by atoms with Gasteiger partial charge in [-0.05, 0) is 45.1 Å². The molecule has 0 aromatic rings. The Labute approximate surface area is 111 Å². The molecule has 1 aliphatic carbocycles. The van der Waals surface area contributed by atoms with Crippen molar-refractivity contribution in [3.05, 3.63) is 0 Å². The molecule has 106 valence electrons. The van der Waals surface area contributed by atoms with E-state index in [1.165, 1.54) is 19.3 Å². The predicted octanol–water partition coefficient (Wildman–Crippen LogP) is 1.83. The summed E-state index contributed by atoms with van der Waals surface area (Å²) in [7, 11) is 0. The molecule has 0 aliphatic heterocycles. The number of likely N-dealkylation sites (N-methyl/N-ethyl adjacent to an activating group) is 1. The number of unbranched alkanes of at least 4 members (excludes halogenated alkanes) is 1. The molecule has 0 bridgehead atoms. The highest BCUT2D eigenvalue weighted by Crippen LogP contribution is 2.32. The minimum absolute atomic E-state index is 0.265. The van der Waals surface area contributed by atoms with E-state index in [9.17, 15) is 4.79 Å². The van der Waals surface area contributed by atoms with Crippen LogP contribution in [0.15, 0.2) is 0 Å². The summed E-state index contributed by atoms with van der Waals surface area (Å²) in [6.07, 6.45) is 6.75. The van der Waals surface area contributed by atoms with E-state index in [-0.39, 0.29) is 5.91 Å². The van der Waals surface area contributed by atoms with Crippen molar-refractivity contribution in [3.63, 3.8) is 0 Å². The second kappa shape index (κ2) is 7.74. The van der Waals surface area contributed by atoms with E-state index in [0.717, 1.165) is 44.9 Å². The normalized spacial score (nSPS) is 18.6. The van der Waals surface area contributed by atoms with Gasteiger partial charge in [0.1, 0.15) is 0 Å². The van der Waals surface area contributed by atoms with Crippen molar-refractivity contribution < 1.29 is 9.53 Å². The number of nitrogens with one attached hydrogen (secondary N) is 1. The van der Waals surface area contributed by atoms with Gasteiger partial charge in [0.15, 0.2) is 0 Å². The van der Waals surface area contributed by atoms with Crippen molar-refractivity contribution in [2.45, 2.75) is 57.9 Å². The predicted molar refractivity (Wildman–Crippen MR) is 73.3 cm³/mol. The third-order valence-corrected chi connectivity index (χ3v) is 3.69. The molecule has 1 saturated carbocycles. The molecule has 1 amide bonds. The Morgan fingerprint density at radius 3 is 2.67 bits per heavy atom. The summed E-state index contributed by atoms with van der Waals surface area (Å²) >= 11 is 0. The first kappa shape index (κ1) is 15.4. The van der Waals surface area contributed by atoms with Gasteiger partial charge in [0.05, 0.1) is 5.54 Å². The molecule has 1 aliphatic rings. The summed E-state index contributed by atoms with van der Waals surface area (Å²) in [6, 6.07) is 0. The smallest absolute Gasteiger partial charge is 0.237 e. The second-order valence-electron chi connectivity index (χ2n) is 5.53. The monoisotopic (exact) mass is 256 g/mol. The third kappa shape index (κ3) is 5.83. The van der Waals surface area contributed by atoms with Gasteiger partial charge in [-0.1, -0.05) is 19.8 Å². The maximum absolute atomic E-state index is 11.4. The van der Waals surface area contributed by atoms with Gasteiger partial charge >= 0.3 is 0 Å². The molecule has 3 N–H and O–H groups in total. The van der Waals surface area contributed by atoms with E-state index in [2.05, 4.69) is 5.32 Å². The first-order chi connectivity index (χ1) is 8.58. The van der Waals surface area contributed by atoms with Crippen molar-refractivity contribution in [2.24, 2.45) is 11.7 Å². The van der Waals surface area contributed by atoms with Crippen LogP contribution in [0.2, 0.25) is 0 Å². The van der Waals surface area contributed by atoms with Crippen LogP contribution in [0.3, 0.4) is 0 Å². The SMILES string of the molecule is CCNC(C)(CCCCOCCC1CC1)C(N)=O. The Morgan fingerprint density at radius 2 is 2.11 bits per heavy atom. The Balaban J connectivity index is 2.01. The molecule has 4 heteroatoms. The summed E-state index contributed by atoms with van der Waals surface area (Å²) in [6.45, 7) is 6.32. The molecule has 0 heterocycles. The van der Waals surface area contributed by atoms with Crippen molar-refractivity contribution in [1.82, 2.24) is 5.32 Å². The highest BCUT2D eigenvalue weighted by molar-refractivity contribution is 5.84. The van der Waals surface area contributed by atoms with Crippen molar-refractivity contribution in [1.29, 1.82) is 0 Å². The lowest BCUT2D eigenvalue weighted by Gasteiger charge is -2.26. The minimum Gasteiger partial charge on any atom is -0.381 e. The lowest BCUT2D eigenvalue weighted by atomic mass is 9.94. The summed E-state index contributed by atoms with van der Waals surface area (Å²) in [5.41, 5.74) is 4.86. The van der Waals surface area contributed by atoms with E-state index in [4.69, 9.17) is 10.5 Å². The van der Waals surface area contributed by atoms with Crippen LogP contribution < -0.4 is 11.1 Å². The number of ether oxygens (including phenoxy) is 1. The fourth-order valence-electron chi connectivity index (χ4n) is 2.13. The molecule has 1 atom stereocenters. The number of amides is 1. The molecule has 0 spiro atoms. The van der Waals surface area contributed by atoms with E-state index >= 15 is 0 Å². The van der Waals surface area contributed by atoms with Gasteiger partial charge in [0.25, 0.3) is 0 Å². The van der Waals surface area contributed by atoms with Crippen molar-refractivity contribution >= 4 is 5.91 Å². The number of hydrogen-bond acceptors (Lipinski definition) is 3. The first-order valence-corrected chi connectivity index (χ1v) is 7.21. The quantitative estimate of drug-likeness (QED) is 0.554. The molecule has 1 rings (SSSR count). The third-order valence-electron chi connectivity index (χ3n) is 3.69. The Bertz CT molecular complexity index is 254. The Hall–Kier alpha value is -0.610. The zero-order chi connectivity index (χ0) is 13.4. The van der Waals surface area contributed by atoms with Crippen LogP contribution in [0.5, 0.6) is 0 Å². The second-order valence-corrected chi connectivity index (χ2v) is 5.53. The van der Waals surface area contributed by atoms with E-state index in [1.54, 1.807) is 0 Å². The molecule has 0 radical (unpaired) electrons. The standard InChI is InChI=1S/C14H28N2O2/c1-3-16-14(2,13(15)17)9-4-5-10-18-11-8-12-6-7-12/h12,16H,3-11H2,1-2H3,(H2,15,17). The fraction of sp³-hybridized carbons (Fsp3) is 0.929. The van der Waals surface area contributed by atoms with Crippen molar-refractivity contribution in [2.75, 3.05) is 19.8 Å². The molecule has 18 heavy (non-hydrogen) atoms. The van der Waals surface area contributed by atoms with Gasteiger partial charge in [0, 0.05) is 13.2 Å². The number of carbonyl (C=O) groups excluding carboxylic acids is 1. The molecular formula is C14H28N2O2.